The average Bonchev–Trinajstić information content (AvgIpc) is 2.66. The van der Waals surface area contributed by atoms with Crippen molar-refractivity contribution in [2.75, 3.05) is 6.54 Å². The first kappa shape index (κ1) is 18.6. The summed E-state index contributed by atoms with van der Waals surface area (Å²) in [5.74, 6) is -0.763. The molecule has 0 spiro atoms. The number of primary sulfonamides is 1. The van der Waals surface area contributed by atoms with Crippen LogP contribution in [-0.2, 0) is 20.2 Å². The van der Waals surface area contributed by atoms with Gasteiger partial charge < -0.3 is 5.11 Å². The second-order valence-electron chi connectivity index (χ2n) is 6.79. The number of rotatable bonds is 7. The predicted octanol–water partition coefficient (Wildman–Crippen LogP) is 2.38. The molecule has 0 aliphatic carbocycles. The molecule has 1 heterocycles. The topological polar surface area (TPSA) is 100 Å². The second kappa shape index (κ2) is 6.64. The zero-order chi connectivity index (χ0) is 18.1. The number of hydrogen-bond donors (Lipinski definition) is 2. The van der Waals surface area contributed by atoms with E-state index in [0.29, 0.717) is 6.42 Å². The molecule has 24 heavy (non-hydrogen) atoms. The smallest absolute Gasteiger partial charge is 0.303 e. The van der Waals surface area contributed by atoms with E-state index in [0.717, 1.165) is 36.3 Å². The van der Waals surface area contributed by atoms with Crippen LogP contribution in [-0.4, -0.2) is 36.3 Å². The largest absolute Gasteiger partial charge is 0.481 e. The third-order valence-corrected chi connectivity index (χ3v) is 5.75. The van der Waals surface area contributed by atoms with Crippen molar-refractivity contribution in [3.8, 4) is 0 Å². The molecule has 1 aromatic carbocycles. The summed E-state index contributed by atoms with van der Waals surface area (Å²) in [5.41, 5.74) is 2.85. The van der Waals surface area contributed by atoms with Crippen molar-refractivity contribution in [3.05, 3.63) is 23.8 Å². The molecule has 0 fully saturated rings. The van der Waals surface area contributed by atoms with Crippen LogP contribution in [0, 0.1) is 0 Å². The van der Waals surface area contributed by atoms with Gasteiger partial charge in [-0.05, 0) is 38.8 Å². The van der Waals surface area contributed by atoms with Crippen LogP contribution in [0.4, 0.5) is 5.69 Å². The van der Waals surface area contributed by atoms with E-state index in [2.05, 4.69) is 18.4 Å². The molecule has 7 heteroatoms. The molecule has 0 atom stereocenters. The molecule has 132 valence electrons. The number of aliphatic carboxylic acids is 1. The van der Waals surface area contributed by atoms with Gasteiger partial charge in [0.15, 0.2) is 5.71 Å². The summed E-state index contributed by atoms with van der Waals surface area (Å²) in [4.78, 5) is 10.7. The normalized spacial score (nSPS) is 16.3. The molecule has 0 saturated heterocycles. The predicted molar refractivity (Wildman–Crippen MR) is 92.4 cm³/mol. The Morgan fingerprint density at radius 1 is 1.25 bits per heavy atom. The second-order valence-corrected chi connectivity index (χ2v) is 8.35. The van der Waals surface area contributed by atoms with Gasteiger partial charge in [0.05, 0.1) is 10.3 Å². The molecule has 0 bridgehead atoms. The van der Waals surface area contributed by atoms with Gasteiger partial charge >= 0.3 is 5.97 Å². The fraction of sp³-hybridized carbons (Fsp3) is 0.529. The van der Waals surface area contributed by atoms with Gasteiger partial charge in [-0.15, -0.1) is 0 Å². The molecular weight excluding hydrogens is 328 g/mol. The highest BCUT2D eigenvalue weighted by Crippen LogP contribution is 2.40. The van der Waals surface area contributed by atoms with Gasteiger partial charge in [0.2, 0.25) is 15.7 Å². The summed E-state index contributed by atoms with van der Waals surface area (Å²) >= 11 is 0. The summed E-state index contributed by atoms with van der Waals surface area (Å²) < 4.78 is 25.4. The van der Waals surface area contributed by atoms with E-state index in [9.17, 15) is 13.2 Å². The minimum atomic E-state index is -3.73. The van der Waals surface area contributed by atoms with Crippen LogP contribution in [0.5, 0.6) is 0 Å². The van der Waals surface area contributed by atoms with E-state index >= 15 is 0 Å². The molecule has 0 amide bonds. The fourth-order valence-electron chi connectivity index (χ4n) is 3.15. The Morgan fingerprint density at radius 2 is 1.92 bits per heavy atom. The maximum absolute atomic E-state index is 11.6. The van der Waals surface area contributed by atoms with Gasteiger partial charge in [0, 0.05) is 31.4 Å². The number of carboxylic acids is 1. The summed E-state index contributed by atoms with van der Waals surface area (Å²) in [6.07, 6.45) is 2.60. The lowest BCUT2D eigenvalue weighted by atomic mass is 9.82. The summed E-state index contributed by atoms with van der Waals surface area (Å²) in [5, 5.41) is 13.9. The number of sulfonamides is 1. The minimum absolute atomic E-state index is 0.130. The molecule has 0 saturated carbocycles. The van der Waals surface area contributed by atoms with E-state index < -0.39 is 16.0 Å². The standard InChI is InChI=1S/C17H24N2O4S/c1-12-17(2,3)14-11-13(24(18,22)23)8-9-15(14)19(12)10-6-4-5-7-16(20)21/h8-9,11H,4-7,10H2,1-3H3,(H2-,18,20,21,22,23)/p+1. The van der Waals surface area contributed by atoms with Crippen LogP contribution in [0.25, 0.3) is 0 Å². The summed E-state index contributed by atoms with van der Waals surface area (Å²) in [6, 6.07) is 5.02. The maximum atomic E-state index is 11.6. The highest BCUT2D eigenvalue weighted by molar-refractivity contribution is 7.89. The van der Waals surface area contributed by atoms with E-state index in [4.69, 9.17) is 10.2 Å². The minimum Gasteiger partial charge on any atom is -0.481 e. The Kier molecular flexibility index (Phi) is 5.15. The van der Waals surface area contributed by atoms with Gasteiger partial charge in [-0.25, -0.2) is 13.6 Å². The Bertz CT molecular complexity index is 795. The first-order valence-electron chi connectivity index (χ1n) is 8.06. The molecular formula is C17H25N2O4S+. The van der Waals surface area contributed by atoms with E-state index in [1.807, 2.05) is 13.0 Å². The number of fused-ring (bicyclic) bond motifs is 1. The van der Waals surface area contributed by atoms with E-state index in [-0.39, 0.29) is 16.7 Å². The molecule has 0 aromatic heterocycles. The fourth-order valence-corrected chi connectivity index (χ4v) is 3.69. The van der Waals surface area contributed by atoms with Gasteiger partial charge in [-0.1, -0.05) is 0 Å². The van der Waals surface area contributed by atoms with Crippen LogP contribution in [0.3, 0.4) is 0 Å². The lowest BCUT2D eigenvalue weighted by molar-refractivity contribution is -0.439. The molecule has 1 aliphatic heterocycles. The number of hydrogen-bond acceptors (Lipinski definition) is 3. The Balaban J connectivity index is 2.22. The zero-order valence-electron chi connectivity index (χ0n) is 14.4. The van der Waals surface area contributed by atoms with Crippen molar-refractivity contribution < 1.29 is 22.9 Å². The van der Waals surface area contributed by atoms with Gasteiger partial charge in [0.1, 0.15) is 6.54 Å². The van der Waals surface area contributed by atoms with Crippen molar-refractivity contribution in [2.24, 2.45) is 5.14 Å². The quantitative estimate of drug-likeness (QED) is 0.580. The van der Waals surface area contributed by atoms with E-state index in [1.54, 1.807) is 12.1 Å². The number of carbonyl (C=O) groups is 1. The Labute approximate surface area is 143 Å². The van der Waals surface area contributed by atoms with Crippen molar-refractivity contribution >= 4 is 27.4 Å². The van der Waals surface area contributed by atoms with Gasteiger partial charge in [-0.3, -0.25) is 4.79 Å². The van der Waals surface area contributed by atoms with Crippen LogP contribution in [0.15, 0.2) is 23.1 Å². The monoisotopic (exact) mass is 353 g/mol. The first-order chi connectivity index (χ1) is 11.0. The van der Waals surface area contributed by atoms with E-state index in [1.165, 1.54) is 0 Å². The van der Waals surface area contributed by atoms with Crippen molar-refractivity contribution in [1.82, 2.24) is 0 Å². The van der Waals surface area contributed by atoms with Crippen LogP contribution < -0.4 is 5.14 Å². The number of carboxylic acid groups (broad SMARTS) is 1. The van der Waals surface area contributed by atoms with Crippen LogP contribution in [0.1, 0.15) is 52.0 Å². The number of nitrogens with two attached hydrogens (primary N) is 1. The molecule has 0 unspecified atom stereocenters. The summed E-state index contributed by atoms with van der Waals surface area (Å²) in [7, 11) is -3.73. The average molecular weight is 353 g/mol. The third kappa shape index (κ3) is 3.67. The molecule has 0 radical (unpaired) electrons. The molecule has 6 nitrogen and oxygen atoms in total. The number of unbranched alkanes of at least 4 members (excludes halogenated alkanes) is 2. The molecule has 1 aromatic rings. The highest BCUT2D eigenvalue weighted by atomic mass is 32.2. The van der Waals surface area contributed by atoms with Crippen molar-refractivity contribution in [2.45, 2.75) is 56.8 Å². The lowest BCUT2D eigenvalue weighted by Crippen LogP contribution is -2.27. The lowest BCUT2D eigenvalue weighted by Gasteiger charge is -2.15. The number of benzene rings is 1. The first-order valence-corrected chi connectivity index (χ1v) is 9.60. The molecule has 1 aliphatic rings. The molecule has 2 rings (SSSR count). The zero-order valence-corrected chi connectivity index (χ0v) is 15.2. The Morgan fingerprint density at radius 3 is 2.50 bits per heavy atom. The third-order valence-electron chi connectivity index (χ3n) is 4.84. The molecule has 3 N–H and O–H groups in total. The van der Waals surface area contributed by atoms with Gasteiger partial charge in [0.25, 0.3) is 0 Å². The van der Waals surface area contributed by atoms with Crippen molar-refractivity contribution in [1.29, 1.82) is 0 Å². The maximum Gasteiger partial charge on any atom is 0.303 e. The van der Waals surface area contributed by atoms with Crippen LogP contribution >= 0.6 is 0 Å². The Hall–Kier alpha value is -1.73. The van der Waals surface area contributed by atoms with Crippen LogP contribution in [0.2, 0.25) is 0 Å². The number of nitrogens with zero attached hydrogens (tertiary/aromatic N) is 1. The summed E-state index contributed by atoms with van der Waals surface area (Å²) in [6.45, 7) is 6.97. The van der Waals surface area contributed by atoms with Gasteiger partial charge in [-0.2, -0.15) is 4.58 Å². The van der Waals surface area contributed by atoms with Crippen molar-refractivity contribution in [3.63, 3.8) is 0 Å². The highest BCUT2D eigenvalue weighted by Gasteiger charge is 2.43. The SMILES string of the molecule is CC1=[N+](CCCCCC(=O)O)c2ccc(S(N)(=O)=O)cc2C1(C)C.